The lowest BCUT2D eigenvalue weighted by Crippen LogP contribution is -1.61. The highest BCUT2D eigenvalue weighted by Crippen LogP contribution is 1.91. The first kappa shape index (κ1) is 4.89. The zero-order valence-electron chi connectivity index (χ0n) is 2.79. The minimum atomic E-state index is -0.332. The summed E-state index contributed by atoms with van der Waals surface area (Å²) in [6.45, 7) is 2.96. The molecule has 0 spiro atoms. The van der Waals surface area contributed by atoms with Gasteiger partial charge in [0.05, 0.1) is 5.83 Å². The van der Waals surface area contributed by atoms with Gasteiger partial charge in [-0.15, -0.1) is 0 Å². The number of rotatable bonds is 1. The first-order chi connectivity index (χ1) is 2.27. The summed E-state index contributed by atoms with van der Waals surface area (Å²) in [6.07, 6.45) is 0. The van der Waals surface area contributed by atoms with Crippen molar-refractivity contribution in [3.05, 3.63) is 12.4 Å². The van der Waals surface area contributed by atoms with E-state index in [2.05, 4.69) is 16.8 Å². The van der Waals surface area contributed by atoms with E-state index in [4.69, 9.17) is 0 Å². The van der Waals surface area contributed by atoms with Crippen molar-refractivity contribution < 1.29 is 4.39 Å². The topological polar surface area (TPSA) is 0 Å². The van der Waals surface area contributed by atoms with Crippen molar-refractivity contribution in [2.45, 2.75) is 6.04 Å². The van der Waals surface area contributed by atoms with E-state index >= 15 is 0 Å². The molecule has 0 aliphatic rings. The number of halogens is 1. The van der Waals surface area contributed by atoms with Gasteiger partial charge in [0, 0.05) is 10.2 Å². The van der Waals surface area contributed by atoms with Crippen molar-refractivity contribution in [1.82, 2.24) is 0 Å². The molecule has 0 saturated heterocycles. The van der Waals surface area contributed by atoms with E-state index in [1.807, 2.05) is 0 Å². The quantitative estimate of drug-likeness (QED) is 0.419. The van der Waals surface area contributed by atoms with Gasteiger partial charge in [0.2, 0.25) is 0 Å². The Hall–Kier alpha value is -0.113. The van der Waals surface area contributed by atoms with Crippen molar-refractivity contribution >= 4 is 10.2 Å². The summed E-state index contributed by atoms with van der Waals surface area (Å²) in [7, 11) is 2.88. The molecule has 2 heteroatoms. The SMILES string of the molecule is C=C(F)C[Si]. The fourth-order valence-electron chi connectivity index (χ4n) is 0. The Morgan fingerprint density at radius 3 is 2.20 bits per heavy atom. The molecule has 27 valence electrons. The second kappa shape index (κ2) is 2.14. The summed E-state index contributed by atoms with van der Waals surface area (Å²) in [5, 5.41) is 0. The molecular weight excluding hydrogens is 83.1 g/mol. The van der Waals surface area contributed by atoms with Crippen molar-refractivity contribution in [1.29, 1.82) is 0 Å². The van der Waals surface area contributed by atoms with E-state index in [0.717, 1.165) is 0 Å². The third kappa shape index (κ3) is 3.89. The second-order valence-corrected chi connectivity index (χ2v) is 1.05. The van der Waals surface area contributed by atoms with Crippen molar-refractivity contribution in [2.75, 3.05) is 0 Å². The highest BCUT2D eigenvalue weighted by molar-refractivity contribution is 6.09. The van der Waals surface area contributed by atoms with Crippen LogP contribution in [0.15, 0.2) is 12.4 Å². The van der Waals surface area contributed by atoms with Crippen LogP contribution in [0.25, 0.3) is 0 Å². The van der Waals surface area contributed by atoms with Crippen LogP contribution in [0.5, 0.6) is 0 Å². The van der Waals surface area contributed by atoms with Gasteiger partial charge in [-0.05, 0) is 6.04 Å². The molecule has 0 aromatic carbocycles. The molecule has 0 N–H and O–H groups in total. The molecule has 0 unspecified atom stereocenters. The predicted octanol–water partition coefficient (Wildman–Crippen LogP) is 1.06. The first-order valence-electron chi connectivity index (χ1n) is 1.25. The average molecular weight is 87.1 g/mol. The Balaban J connectivity index is 2.85. The smallest absolute Gasteiger partial charge is 0.0894 e. The zero-order valence-corrected chi connectivity index (χ0v) is 3.79. The first-order valence-corrected chi connectivity index (χ1v) is 1.96. The van der Waals surface area contributed by atoms with Crippen LogP contribution in [0.3, 0.4) is 0 Å². The van der Waals surface area contributed by atoms with Crippen LogP contribution in [-0.4, -0.2) is 10.2 Å². The summed E-state index contributed by atoms with van der Waals surface area (Å²) in [4.78, 5) is 0. The van der Waals surface area contributed by atoms with Gasteiger partial charge in [-0.25, -0.2) is 4.39 Å². The molecule has 0 heterocycles. The molecule has 0 fully saturated rings. The lowest BCUT2D eigenvalue weighted by Gasteiger charge is -1.73. The average Bonchev–Trinajstić information content (AvgIpc) is 1.38. The molecule has 0 aromatic rings. The van der Waals surface area contributed by atoms with E-state index in [9.17, 15) is 4.39 Å². The molecule has 0 amide bonds. The Bertz CT molecular complexity index is 42.2. The second-order valence-electron chi connectivity index (χ2n) is 0.694. The molecule has 0 aliphatic carbocycles. The van der Waals surface area contributed by atoms with Gasteiger partial charge < -0.3 is 0 Å². The number of hydrogen-bond donors (Lipinski definition) is 0. The Morgan fingerprint density at radius 2 is 2.20 bits per heavy atom. The number of allylic oxidation sites excluding steroid dienone is 1. The molecule has 0 atom stereocenters. The fourth-order valence-corrected chi connectivity index (χ4v) is 0. The van der Waals surface area contributed by atoms with Crippen LogP contribution in [0.1, 0.15) is 0 Å². The van der Waals surface area contributed by atoms with Crippen molar-refractivity contribution in [3.8, 4) is 0 Å². The van der Waals surface area contributed by atoms with Gasteiger partial charge in [-0.3, -0.25) is 0 Å². The highest BCUT2D eigenvalue weighted by Gasteiger charge is 1.74. The van der Waals surface area contributed by atoms with Gasteiger partial charge in [-0.2, -0.15) is 0 Å². The predicted molar refractivity (Wildman–Crippen MR) is 20.8 cm³/mol. The summed E-state index contributed by atoms with van der Waals surface area (Å²) < 4.78 is 11.2. The maximum Gasteiger partial charge on any atom is 0.0894 e. The molecule has 3 radical (unpaired) electrons. The fraction of sp³-hybridized carbons (Fsp3) is 0.333. The largest absolute Gasteiger partial charge is 0.213 e. The summed E-state index contributed by atoms with van der Waals surface area (Å²) in [6, 6.07) is 0.250. The third-order valence-electron chi connectivity index (χ3n) is 0.192. The lowest BCUT2D eigenvalue weighted by molar-refractivity contribution is 0.645. The van der Waals surface area contributed by atoms with Crippen LogP contribution < -0.4 is 0 Å². The molecule has 0 saturated carbocycles. The maximum absolute atomic E-state index is 11.2. The van der Waals surface area contributed by atoms with Gasteiger partial charge in [0.15, 0.2) is 0 Å². The summed E-state index contributed by atoms with van der Waals surface area (Å²) in [5.74, 6) is -0.332. The van der Waals surface area contributed by atoms with Gasteiger partial charge in [0.1, 0.15) is 0 Å². The monoisotopic (exact) mass is 87.0 g/mol. The van der Waals surface area contributed by atoms with Crippen LogP contribution >= 0.6 is 0 Å². The Kier molecular flexibility index (Phi) is 2.10. The zero-order chi connectivity index (χ0) is 4.28. The van der Waals surface area contributed by atoms with Gasteiger partial charge >= 0.3 is 0 Å². The number of hydrogen-bond acceptors (Lipinski definition) is 0. The molecule has 0 aliphatic heterocycles. The Morgan fingerprint density at radius 1 is 2.00 bits per heavy atom. The van der Waals surface area contributed by atoms with Crippen LogP contribution in [0.2, 0.25) is 6.04 Å². The molecule has 0 aromatic heterocycles. The van der Waals surface area contributed by atoms with Gasteiger partial charge in [0.25, 0.3) is 0 Å². The normalized spacial score (nSPS) is 7.60. The maximum atomic E-state index is 11.2. The van der Waals surface area contributed by atoms with Crippen molar-refractivity contribution in [2.24, 2.45) is 0 Å². The standard InChI is InChI=1S/C3H4FSi/c1-3(4)2-5/h1-2H2. The minimum absolute atomic E-state index is 0.250. The van der Waals surface area contributed by atoms with Crippen LogP contribution in [0, 0.1) is 0 Å². The summed E-state index contributed by atoms with van der Waals surface area (Å²) >= 11 is 0. The van der Waals surface area contributed by atoms with Gasteiger partial charge in [-0.1, -0.05) is 6.58 Å². The lowest BCUT2D eigenvalue weighted by atomic mass is 10.7. The van der Waals surface area contributed by atoms with E-state index in [1.54, 1.807) is 0 Å². The van der Waals surface area contributed by atoms with Crippen molar-refractivity contribution in [3.63, 3.8) is 0 Å². The third-order valence-corrected chi connectivity index (χ3v) is 0.575. The van der Waals surface area contributed by atoms with E-state index in [0.29, 0.717) is 0 Å². The Labute approximate surface area is 34.1 Å². The molecule has 0 nitrogen and oxygen atoms in total. The molecule has 0 rings (SSSR count). The highest BCUT2D eigenvalue weighted by atomic mass is 28.1. The van der Waals surface area contributed by atoms with E-state index < -0.39 is 0 Å². The molecule has 5 heavy (non-hydrogen) atoms. The van der Waals surface area contributed by atoms with Crippen LogP contribution in [-0.2, 0) is 0 Å². The van der Waals surface area contributed by atoms with E-state index in [-0.39, 0.29) is 11.9 Å². The minimum Gasteiger partial charge on any atom is -0.213 e. The molecule has 0 bridgehead atoms. The molecular formula is C3H4FSi. The van der Waals surface area contributed by atoms with Crippen LogP contribution in [0.4, 0.5) is 4.39 Å². The summed E-state index contributed by atoms with van der Waals surface area (Å²) in [5.41, 5.74) is 0. The van der Waals surface area contributed by atoms with E-state index in [1.165, 1.54) is 0 Å².